The van der Waals surface area contributed by atoms with Crippen LogP contribution in [0, 0.1) is 0 Å². The van der Waals surface area contributed by atoms with Crippen molar-refractivity contribution in [3.8, 4) is 0 Å². The second-order valence-corrected chi connectivity index (χ2v) is 17.2. The number of nitrogens with one attached hydrogen (secondary N) is 1. The van der Waals surface area contributed by atoms with E-state index in [-0.39, 0.29) is 81.9 Å². The normalized spacial score (nSPS) is 35.4. The van der Waals surface area contributed by atoms with E-state index in [0.29, 0.717) is 17.9 Å². The molecule has 0 aliphatic carbocycles. The largest absolute Gasteiger partial charge is 1.00 e. The summed E-state index contributed by atoms with van der Waals surface area (Å²) in [7, 11) is 0. The molecule has 3 saturated heterocycles. The molecule has 2 bridgehead atoms. The number of aliphatic hydroxyl groups is 3. The first-order chi connectivity index (χ1) is 23.4. The van der Waals surface area contributed by atoms with Gasteiger partial charge in [-0.15, -0.1) is 0 Å². The number of nitrogens with zero attached hydrogens (tertiary/aromatic N) is 7. The minimum Gasteiger partial charge on any atom is -0.660 e. The van der Waals surface area contributed by atoms with E-state index >= 15 is 0 Å². The van der Waals surface area contributed by atoms with Crippen molar-refractivity contribution in [3.63, 3.8) is 0 Å². The Hall–Kier alpha value is -0.430. The molecule has 3 fully saturated rings. The molecule has 8 heterocycles. The van der Waals surface area contributed by atoms with Gasteiger partial charge in [0.25, 0.3) is 0 Å². The van der Waals surface area contributed by atoms with Gasteiger partial charge < -0.3 is 83.0 Å². The van der Waals surface area contributed by atoms with Crippen molar-refractivity contribution in [2.75, 3.05) is 30.8 Å². The summed E-state index contributed by atoms with van der Waals surface area (Å²) in [6.45, 7) is -9.86. The first-order valence-corrected chi connectivity index (χ1v) is 20.2. The van der Waals surface area contributed by atoms with E-state index in [9.17, 15) is 24.4 Å². The van der Waals surface area contributed by atoms with Crippen LogP contribution in [0.2, 0.25) is 0 Å². The predicted molar refractivity (Wildman–Crippen MR) is 171 cm³/mol. The molecule has 6 N–H and O–H groups in total. The van der Waals surface area contributed by atoms with Gasteiger partial charge in [0.2, 0.25) is 6.80 Å². The van der Waals surface area contributed by atoms with E-state index in [2.05, 4.69) is 30.2 Å². The second kappa shape index (κ2) is 15.6. The molecular formula is C25H29N9Na2O11P2S2. The molecule has 0 radical (unpaired) electrons. The molecular weight excluding hydrogens is 774 g/mol. The maximum absolute atomic E-state index is 13.7. The van der Waals surface area contributed by atoms with Crippen molar-refractivity contribution in [1.29, 1.82) is 0 Å². The molecule has 20 nitrogen and oxygen atoms in total. The fourth-order valence-electron chi connectivity index (χ4n) is 6.50. The summed E-state index contributed by atoms with van der Waals surface area (Å²) in [5, 5.41) is 36.4. The van der Waals surface area contributed by atoms with Crippen LogP contribution in [0.25, 0.3) is 22.2 Å². The third kappa shape index (κ3) is 7.59. The summed E-state index contributed by atoms with van der Waals surface area (Å²) in [5.74, 6) is 0.593. The zero-order valence-electron chi connectivity index (χ0n) is 27.1. The number of fused-ring (bicyclic) bond motifs is 4. The van der Waals surface area contributed by atoms with Gasteiger partial charge >= 0.3 is 59.1 Å². The van der Waals surface area contributed by atoms with Crippen molar-refractivity contribution in [2.24, 2.45) is 0 Å². The summed E-state index contributed by atoms with van der Waals surface area (Å²) >= 11 is 10.4. The quantitative estimate of drug-likeness (QED) is 0.0734. The van der Waals surface area contributed by atoms with Crippen LogP contribution in [0.4, 0.5) is 11.6 Å². The smallest absolute Gasteiger partial charge is 0.660 e. The number of aliphatic hydroxyl groups excluding tert-OH is 3. The van der Waals surface area contributed by atoms with Gasteiger partial charge in [0, 0.05) is 12.7 Å². The number of rotatable bonds is 3. The first-order valence-electron chi connectivity index (χ1n) is 15.1. The molecule has 51 heavy (non-hydrogen) atoms. The maximum atomic E-state index is 13.7. The van der Waals surface area contributed by atoms with Gasteiger partial charge in [-0.1, -0.05) is 0 Å². The van der Waals surface area contributed by atoms with Gasteiger partial charge in [-0.3, -0.25) is 13.7 Å². The van der Waals surface area contributed by atoms with E-state index in [1.807, 2.05) is 0 Å². The van der Waals surface area contributed by atoms with Gasteiger partial charge in [0.05, 0.1) is 24.9 Å². The average Bonchev–Trinajstić information content (AvgIpc) is 3.77. The molecule has 0 aromatic carbocycles. The molecule has 0 spiro atoms. The third-order valence-corrected chi connectivity index (χ3v) is 11.8. The Balaban J connectivity index is 0.00000224. The fourth-order valence-corrected chi connectivity index (χ4v) is 9.33. The van der Waals surface area contributed by atoms with Crippen molar-refractivity contribution < 1.29 is 111 Å². The Morgan fingerprint density at radius 3 is 2.37 bits per heavy atom. The Bertz CT molecular complexity index is 2030. The van der Waals surface area contributed by atoms with E-state index in [0.717, 1.165) is 23.9 Å². The van der Waals surface area contributed by atoms with Crippen LogP contribution in [-0.2, 0) is 74.2 Å². The van der Waals surface area contributed by atoms with Gasteiger partial charge in [0.15, 0.2) is 36.5 Å². The summed E-state index contributed by atoms with van der Waals surface area (Å²) < 4.78 is 64.9. The standard InChI is InChI=1S/C25H31N9O11P2S2.2Na/c26-20-15-23(32-13(5-35)31-20)34(9-30-15)25-19-16(36)11(42-25)6-40-46(38,48)44-18-12(7-41-47(39,49)45-19)43-24(17(18)37)33-4-10-2-1-3-27-21-14(10)22(33)29-8-28-21;;/h4,8-9,11-12,16-19,24-25,35-37H,1-3,5-7H2,(H,38,48)(H,39,49)(H2,26,31,32)(H,27,28,29);;/q;2*+1/p-2/t11-,12-,16-,17-,18-,19-,24-,25-,46?,47?;;/m1../s1. The van der Waals surface area contributed by atoms with Crippen molar-refractivity contribution >= 4 is 71.9 Å². The van der Waals surface area contributed by atoms with Crippen LogP contribution in [0.5, 0.6) is 0 Å². The Morgan fingerprint density at radius 2 is 1.63 bits per heavy atom. The molecule has 0 amide bonds. The van der Waals surface area contributed by atoms with E-state index < -0.39 is 82.5 Å². The van der Waals surface area contributed by atoms with Crippen LogP contribution in [0.3, 0.4) is 0 Å². The number of nitrogens with two attached hydrogens (primary N) is 1. The predicted octanol–water partition coefficient (Wildman–Crippen LogP) is -5.64. The number of ether oxygens (including phenoxy) is 2. The summed E-state index contributed by atoms with van der Waals surface area (Å²) in [6, 6.07) is 0. The topological polar surface area (TPSA) is 263 Å². The number of hydrogen-bond donors (Lipinski definition) is 5. The molecule has 4 aliphatic heterocycles. The summed E-state index contributed by atoms with van der Waals surface area (Å²) in [6.07, 6.45) is -4.88. The zero-order chi connectivity index (χ0) is 34.2. The average molecular weight is 804 g/mol. The minimum atomic E-state index is -4.47. The number of imidazole rings is 1. The van der Waals surface area contributed by atoms with Crippen LogP contribution in [0.1, 0.15) is 30.3 Å². The van der Waals surface area contributed by atoms with E-state index in [4.69, 9.17) is 57.8 Å². The number of nitrogen functional groups attached to an aromatic ring is 1. The van der Waals surface area contributed by atoms with Crippen LogP contribution >= 0.6 is 13.6 Å². The molecule has 4 aromatic rings. The van der Waals surface area contributed by atoms with Crippen LogP contribution < -0.4 is 70.2 Å². The molecule has 4 aromatic heterocycles. The van der Waals surface area contributed by atoms with Gasteiger partial charge in [0.1, 0.15) is 66.5 Å². The molecule has 10 atom stereocenters. The number of aryl methyl sites for hydroxylation is 1. The number of aromatic nitrogens is 7. The van der Waals surface area contributed by atoms with Crippen molar-refractivity contribution in [1.82, 2.24) is 34.1 Å². The van der Waals surface area contributed by atoms with Gasteiger partial charge in [-0.25, -0.2) is 24.9 Å². The zero-order valence-corrected chi connectivity index (χ0v) is 34.5. The molecule has 4 aliphatic rings. The molecule has 8 rings (SSSR count). The van der Waals surface area contributed by atoms with Crippen LogP contribution in [-0.4, -0.2) is 106 Å². The monoisotopic (exact) mass is 803 g/mol. The molecule has 26 heteroatoms. The van der Waals surface area contributed by atoms with E-state index in [1.54, 1.807) is 10.8 Å². The van der Waals surface area contributed by atoms with Gasteiger partial charge in [-0.2, -0.15) is 0 Å². The Kier molecular flexibility index (Phi) is 12.3. The first kappa shape index (κ1) is 40.2. The van der Waals surface area contributed by atoms with Gasteiger partial charge in [-0.05, 0) is 18.4 Å². The minimum absolute atomic E-state index is 0. The summed E-state index contributed by atoms with van der Waals surface area (Å²) in [5.41, 5.74) is 7.65. The number of hydrogen-bond acceptors (Lipinski definition) is 20. The summed E-state index contributed by atoms with van der Waals surface area (Å²) in [4.78, 5) is 21.2. The Labute approximate surface area is 343 Å². The van der Waals surface area contributed by atoms with Crippen molar-refractivity contribution in [2.45, 2.75) is 68.5 Å². The van der Waals surface area contributed by atoms with E-state index in [1.165, 1.54) is 17.2 Å². The van der Waals surface area contributed by atoms with Crippen LogP contribution in [0.15, 0.2) is 18.9 Å². The Morgan fingerprint density at radius 1 is 0.922 bits per heavy atom. The fraction of sp³-hybridized carbons (Fsp3) is 0.560. The van der Waals surface area contributed by atoms with Crippen molar-refractivity contribution in [3.05, 3.63) is 30.2 Å². The molecule has 2 unspecified atom stereocenters. The number of anilines is 2. The molecule has 0 saturated carbocycles. The third-order valence-electron chi connectivity index (χ3n) is 8.71. The maximum Gasteiger partial charge on any atom is 1.00 e. The second-order valence-electron chi connectivity index (χ2n) is 11.8. The molecule has 264 valence electrons. The SMILES string of the molecule is Nc1nc(CO)nc2c1ncn2[C@@H]1O[C@@H]2COP(=O)([S-])O[C@H]3[C@@H](O)[C@H](n4cc5c6c(ncnc64)NCCC5)O[C@@H]3COP(=O)([S-])O[C@@H]1[C@@H]2O.[Na+].[Na+].